The van der Waals surface area contributed by atoms with Crippen molar-refractivity contribution in [3.05, 3.63) is 0 Å². The molecule has 0 aromatic rings. The van der Waals surface area contributed by atoms with Crippen LogP contribution in [0.15, 0.2) is 0 Å². The molecule has 0 radical (unpaired) electrons. The summed E-state index contributed by atoms with van der Waals surface area (Å²) in [6.07, 6.45) is 0.654. The highest BCUT2D eigenvalue weighted by Gasteiger charge is 2.43. The first-order valence-corrected chi connectivity index (χ1v) is 6.88. The fraction of sp³-hybridized carbons (Fsp3) is 0.818. The van der Waals surface area contributed by atoms with Gasteiger partial charge in [-0.15, -0.1) is 0 Å². The summed E-state index contributed by atoms with van der Waals surface area (Å²) in [5.74, 6) is 1.93. The van der Waals surface area contributed by atoms with Gasteiger partial charge in [0.25, 0.3) is 0 Å². The maximum Gasteiger partial charge on any atom is 0.246 e. The molecule has 2 amide bonds. The number of thioether (sulfide) groups is 1. The van der Waals surface area contributed by atoms with Crippen LogP contribution in [-0.4, -0.2) is 46.8 Å². The lowest BCUT2D eigenvalue weighted by Crippen LogP contribution is -2.65. The molecule has 0 bridgehead atoms. The molecule has 0 aromatic carbocycles. The second-order valence-electron chi connectivity index (χ2n) is 4.05. The highest BCUT2D eigenvalue weighted by molar-refractivity contribution is 7.99. The van der Waals surface area contributed by atoms with Gasteiger partial charge in [-0.3, -0.25) is 9.59 Å². The standard InChI is InChI=1S/C11H20N2O2S/c1-4-11(3)10(15)12-8-9(14)13(11)6-7-16-5-2/h4-8H2,1-3H3,(H,12,15). The number of carbonyl (C=O) groups excluding carboxylic acids is 2. The van der Waals surface area contributed by atoms with E-state index in [0.29, 0.717) is 13.0 Å². The molecule has 5 heteroatoms. The molecule has 16 heavy (non-hydrogen) atoms. The Bertz CT molecular complexity index is 283. The zero-order chi connectivity index (χ0) is 12.2. The van der Waals surface area contributed by atoms with Crippen LogP contribution in [0.25, 0.3) is 0 Å². The lowest BCUT2D eigenvalue weighted by atomic mass is 9.93. The second-order valence-corrected chi connectivity index (χ2v) is 5.45. The third kappa shape index (κ3) is 2.51. The Balaban J connectivity index is 2.73. The number of nitrogens with zero attached hydrogens (tertiary/aromatic N) is 1. The maximum atomic E-state index is 11.8. The zero-order valence-corrected chi connectivity index (χ0v) is 11.0. The minimum atomic E-state index is -0.663. The normalized spacial score (nSPS) is 25.8. The Kier molecular flexibility index (Phi) is 4.65. The molecule has 0 saturated carbocycles. The predicted molar refractivity (Wildman–Crippen MR) is 66.4 cm³/mol. The summed E-state index contributed by atoms with van der Waals surface area (Å²) < 4.78 is 0. The molecule has 1 N–H and O–H groups in total. The summed E-state index contributed by atoms with van der Waals surface area (Å²) in [7, 11) is 0. The fourth-order valence-electron chi connectivity index (χ4n) is 1.86. The number of hydrogen-bond donors (Lipinski definition) is 1. The van der Waals surface area contributed by atoms with E-state index in [2.05, 4.69) is 12.2 Å². The van der Waals surface area contributed by atoms with E-state index in [0.717, 1.165) is 11.5 Å². The number of carbonyl (C=O) groups is 2. The van der Waals surface area contributed by atoms with Crippen molar-refractivity contribution in [2.75, 3.05) is 24.6 Å². The van der Waals surface area contributed by atoms with Gasteiger partial charge in [0.2, 0.25) is 11.8 Å². The Hall–Kier alpha value is -0.710. The Morgan fingerprint density at radius 3 is 2.69 bits per heavy atom. The third-order valence-corrected chi connectivity index (χ3v) is 4.02. The van der Waals surface area contributed by atoms with Crippen molar-refractivity contribution in [2.24, 2.45) is 0 Å². The summed E-state index contributed by atoms with van der Waals surface area (Å²) in [5, 5.41) is 2.66. The molecule has 0 aliphatic carbocycles. The van der Waals surface area contributed by atoms with E-state index in [1.807, 2.05) is 13.8 Å². The third-order valence-electron chi connectivity index (χ3n) is 3.14. The molecule has 1 unspecified atom stereocenters. The number of piperazine rings is 1. The van der Waals surface area contributed by atoms with Crippen molar-refractivity contribution in [2.45, 2.75) is 32.7 Å². The molecule has 1 aliphatic rings. The van der Waals surface area contributed by atoms with Gasteiger partial charge in [0.15, 0.2) is 0 Å². The number of nitrogens with one attached hydrogen (secondary N) is 1. The Morgan fingerprint density at radius 1 is 1.44 bits per heavy atom. The summed E-state index contributed by atoms with van der Waals surface area (Å²) in [6.45, 7) is 6.68. The monoisotopic (exact) mass is 244 g/mol. The largest absolute Gasteiger partial charge is 0.345 e. The van der Waals surface area contributed by atoms with Gasteiger partial charge < -0.3 is 10.2 Å². The molecule has 0 spiro atoms. The summed E-state index contributed by atoms with van der Waals surface area (Å²) in [6, 6.07) is 0. The van der Waals surface area contributed by atoms with E-state index < -0.39 is 5.54 Å². The van der Waals surface area contributed by atoms with Gasteiger partial charge in [-0.25, -0.2) is 0 Å². The fourth-order valence-corrected chi connectivity index (χ4v) is 2.46. The molecule has 0 aromatic heterocycles. The molecular formula is C11H20N2O2S. The van der Waals surface area contributed by atoms with Crippen LogP contribution >= 0.6 is 11.8 Å². The summed E-state index contributed by atoms with van der Waals surface area (Å²) in [4.78, 5) is 25.4. The lowest BCUT2D eigenvalue weighted by Gasteiger charge is -2.43. The van der Waals surface area contributed by atoms with Crippen LogP contribution in [0.5, 0.6) is 0 Å². The molecule has 1 rings (SSSR count). The van der Waals surface area contributed by atoms with E-state index in [4.69, 9.17) is 0 Å². The van der Waals surface area contributed by atoms with Crippen LogP contribution in [0.4, 0.5) is 0 Å². The zero-order valence-electron chi connectivity index (χ0n) is 10.2. The van der Waals surface area contributed by atoms with Gasteiger partial charge in [-0.05, 0) is 19.1 Å². The molecule has 1 atom stereocenters. The first-order chi connectivity index (χ1) is 7.56. The predicted octanol–water partition coefficient (Wildman–Crippen LogP) is 0.867. The number of hydrogen-bond acceptors (Lipinski definition) is 3. The minimum Gasteiger partial charge on any atom is -0.345 e. The van der Waals surface area contributed by atoms with Crippen LogP contribution < -0.4 is 5.32 Å². The lowest BCUT2D eigenvalue weighted by molar-refractivity contribution is -0.152. The van der Waals surface area contributed by atoms with E-state index in [-0.39, 0.29) is 18.4 Å². The molecule has 92 valence electrons. The van der Waals surface area contributed by atoms with E-state index in [1.54, 1.807) is 16.7 Å². The average molecular weight is 244 g/mol. The van der Waals surface area contributed by atoms with Gasteiger partial charge in [0, 0.05) is 12.3 Å². The first kappa shape index (κ1) is 13.4. The van der Waals surface area contributed by atoms with E-state index in [1.165, 1.54) is 0 Å². The van der Waals surface area contributed by atoms with Gasteiger partial charge in [0.05, 0.1) is 6.54 Å². The van der Waals surface area contributed by atoms with Crippen molar-refractivity contribution < 1.29 is 9.59 Å². The summed E-state index contributed by atoms with van der Waals surface area (Å²) in [5.41, 5.74) is -0.663. The number of amides is 2. The van der Waals surface area contributed by atoms with Crippen molar-refractivity contribution >= 4 is 23.6 Å². The molecule has 1 heterocycles. The van der Waals surface area contributed by atoms with Crippen LogP contribution in [0, 0.1) is 0 Å². The van der Waals surface area contributed by atoms with Crippen LogP contribution in [-0.2, 0) is 9.59 Å². The number of rotatable bonds is 5. The molecule has 1 fully saturated rings. The molecule has 4 nitrogen and oxygen atoms in total. The van der Waals surface area contributed by atoms with E-state index >= 15 is 0 Å². The highest BCUT2D eigenvalue weighted by Crippen LogP contribution is 2.23. The molecular weight excluding hydrogens is 224 g/mol. The second kappa shape index (κ2) is 5.57. The average Bonchev–Trinajstić information content (AvgIpc) is 2.28. The molecule has 1 aliphatic heterocycles. The summed E-state index contributed by atoms with van der Waals surface area (Å²) >= 11 is 1.79. The Morgan fingerprint density at radius 2 is 2.12 bits per heavy atom. The topological polar surface area (TPSA) is 49.4 Å². The van der Waals surface area contributed by atoms with Gasteiger partial charge >= 0.3 is 0 Å². The van der Waals surface area contributed by atoms with Crippen LogP contribution in [0.3, 0.4) is 0 Å². The highest BCUT2D eigenvalue weighted by atomic mass is 32.2. The first-order valence-electron chi connectivity index (χ1n) is 5.72. The van der Waals surface area contributed by atoms with Crippen molar-refractivity contribution in [1.29, 1.82) is 0 Å². The van der Waals surface area contributed by atoms with Crippen LogP contribution in [0.2, 0.25) is 0 Å². The quantitative estimate of drug-likeness (QED) is 0.730. The maximum absolute atomic E-state index is 11.8. The van der Waals surface area contributed by atoms with Crippen molar-refractivity contribution in [3.8, 4) is 0 Å². The van der Waals surface area contributed by atoms with Gasteiger partial charge in [0.1, 0.15) is 5.54 Å². The SMILES string of the molecule is CCSCCN1C(=O)CNC(=O)C1(C)CC. The minimum absolute atomic E-state index is 0.0284. The Labute approximate surface area is 101 Å². The van der Waals surface area contributed by atoms with Crippen molar-refractivity contribution in [3.63, 3.8) is 0 Å². The van der Waals surface area contributed by atoms with Crippen LogP contribution in [0.1, 0.15) is 27.2 Å². The van der Waals surface area contributed by atoms with Gasteiger partial charge in [-0.2, -0.15) is 11.8 Å². The van der Waals surface area contributed by atoms with Gasteiger partial charge in [-0.1, -0.05) is 13.8 Å². The molecule has 1 saturated heterocycles. The van der Waals surface area contributed by atoms with Crippen molar-refractivity contribution in [1.82, 2.24) is 10.2 Å². The smallest absolute Gasteiger partial charge is 0.246 e. The van der Waals surface area contributed by atoms with E-state index in [9.17, 15) is 9.59 Å².